The first-order valence-corrected chi connectivity index (χ1v) is 4.08. The van der Waals surface area contributed by atoms with Crippen molar-refractivity contribution in [2.75, 3.05) is 14.2 Å². The molecule has 0 amide bonds. The first-order valence-electron chi connectivity index (χ1n) is 4.08. The van der Waals surface area contributed by atoms with Crippen molar-refractivity contribution in [1.82, 2.24) is 0 Å². The molecule has 1 radical (unpaired) electrons. The average molecular weight is 191 g/mol. The van der Waals surface area contributed by atoms with Crippen LogP contribution in [0.3, 0.4) is 0 Å². The van der Waals surface area contributed by atoms with Gasteiger partial charge in [-0.2, -0.15) is 0 Å². The molecule has 0 fully saturated rings. The maximum Gasteiger partial charge on any atom is 0.330 e. The molecule has 0 bridgehead atoms. The quantitative estimate of drug-likeness (QED) is 0.538. The molecule has 0 aliphatic rings. The van der Waals surface area contributed by atoms with E-state index in [2.05, 4.69) is 10.8 Å². The molecule has 0 saturated heterocycles. The van der Waals surface area contributed by atoms with Crippen molar-refractivity contribution in [1.29, 1.82) is 0 Å². The second-order valence-corrected chi connectivity index (χ2v) is 2.52. The minimum absolute atomic E-state index is 0.393. The van der Waals surface area contributed by atoms with Gasteiger partial charge in [0.15, 0.2) is 0 Å². The van der Waals surface area contributed by atoms with Gasteiger partial charge in [-0.15, -0.1) is 0 Å². The summed E-state index contributed by atoms with van der Waals surface area (Å²) in [5, 5.41) is 0. The zero-order valence-electron chi connectivity index (χ0n) is 8.11. The van der Waals surface area contributed by atoms with Crippen molar-refractivity contribution in [3.63, 3.8) is 0 Å². The van der Waals surface area contributed by atoms with Crippen LogP contribution < -0.4 is 4.74 Å². The molecule has 0 unspecified atom stereocenters. The lowest BCUT2D eigenvalue weighted by atomic mass is 10.2. The average Bonchev–Trinajstić information content (AvgIpc) is 2.26. The Hall–Kier alpha value is -1.77. The first-order chi connectivity index (χ1) is 6.77. The molecule has 1 aromatic rings. The summed E-state index contributed by atoms with van der Waals surface area (Å²) < 4.78 is 9.56. The third-order valence-corrected chi connectivity index (χ3v) is 1.67. The van der Waals surface area contributed by atoms with E-state index >= 15 is 0 Å². The van der Waals surface area contributed by atoms with Gasteiger partial charge in [-0.05, 0) is 24.3 Å². The second kappa shape index (κ2) is 5.07. The van der Waals surface area contributed by atoms with E-state index in [0.717, 1.165) is 5.56 Å². The molecule has 73 valence electrons. The Morgan fingerprint density at radius 3 is 2.93 bits per heavy atom. The molecule has 0 atom stereocenters. The van der Waals surface area contributed by atoms with Gasteiger partial charge < -0.3 is 9.47 Å². The molecule has 0 heterocycles. The summed E-state index contributed by atoms with van der Waals surface area (Å²) >= 11 is 0. The molecule has 0 N–H and O–H groups in total. The number of ether oxygens (including phenoxy) is 2. The number of rotatable bonds is 3. The van der Waals surface area contributed by atoms with E-state index in [9.17, 15) is 4.79 Å². The van der Waals surface area contributed by atoms with Crippen LogP contribution in [0.5, 0.6) is 5.75 Å². The highest BCUT2D eigenvalue weighted by atomic mass is 16.5. The van der Waals surface area contributed by atoms with E-state index in [1.54, 1.807) is 31.4 Å². The maximum atomic E-state index is 10.8. The fraction of sp³-hybridized carbons (Fsp3) is 0.182. The standard InChI is InChI=1S/C11H11O3/c1-13-10-6-4-3-5-9(10)7-8-11(12)14-2/h4-8H,1-2H3/b8-7+. The van der Waals surface area contributed by atoms with Gasteiger partial charge in [-0.3, -0.25) is 0 Å². The SMILES string of the molecule is COC(=O)/C=C/c1c[c]ccc1OC. The van der Waals surface area contributed by atoms with E-state index < -0.39 is 5.97 Å². The topological polar surface area (TPSA) is 35.5 Å². The number of hydrogen-bond donors (Lipinski definition) is 0. The van der Waals surface area contributed by atoms with Crippen LogP contribution in [0.4, 0.5) is 0 Å². The Morgan fingerprint density at radius 2 is 2.29 bits per heavy atom. The number of carbonyl (C=O) groups excluding carboxylic acids is 1. The monoisotopic (exact) mass is 191 g/mol. The summed E-state index contributed by atoms with van der Waals surface area (Å²) in [5.74, 6) is 0.305. The molecular formula is C11H11O3. The Balaban J connectivity index is 2.85. The number of carbonyl (C=O) groups is 1. The molecule has 3 heteroatoms. The lowest BCUT2D eigenvalue weighted by molar-refractivity contribution is -0.134. The van der Waals surface area contributed by atoms with Crippen LogP contribution in [-0.2, 0) is 9.53 Å². The normalized spacial score (nSPS) is 10.1. The van der Waals surface area contributed by atoms with Gasteiger partial charge in [-0.25, -0.2) is 4.79 Å². The van der Waals surface area contributed by atoms with Crippen LogP contribution in [0, 0.1) is 6.07 Å². The summed E-state index contributed by atoms with van der Waals surface area (Å²) in [6, 6.07) is 8.15. The van der Waals surface area contributed by atoms with Gasteiger partial charge in [-0.1, -0.05) is 6.07 Å². The van der Waals surface area contributed by atoms with Crippen molar-refractivity contribution in [3.05, 3.63) is 35.9 Å². The highest BCUT2D eigenvalue weighted by molar-refractivity contribution is 5.87. The molecule has 0 saturated carbocycles. The van der Waals surface area contributed by atoms with E-state index in [0.29, 0.717) is 5.75 Å². The van der Waals surface area contributed by atoms with Crippen LogP contribution in [0.1, 0.15) is 5.56 Å². The smallest absolute Gasteiger partial charge is 0.330 e. The van der Waals surface area contributed by atoms with Crippen molar-refractivity contribution in [2.24, 2.45) is 0 Å². The molecule has 0 aliphatic heterocycles. The molecule has 0 aromatic heterocycles. The lowest BCUT2D eigenvalue weighted by Crippen LogP contribution is -1.93. The minimum atomic E-state index is -0.393. The first kappa shape index (κ1) is 10.3. The van der Waals surface area contributed by atoms with E-state index in [1.165, 1.54) is 13.2 Å². The summed E-state index contributed by atoms with van der Waals surface area (Å²) in [6.45, 7) is 0. The highest BCUT2D eigenvalue weighted by Crippen LogP contribution is 2.18. The molecule has 3 nitrogen and oxygen atoms in total. The Kier molecular flexibility index (Phi) is 3.73. The minimum Gasteiger partial charge on any atom is -0.496 e. The fourth-order valence-corrected chi connectivity index (χ4v) is 0.971. The van der Waals surface area contributed by atoms with Gasteiger partial charge in [0.1, 0.15) is 5.75 Å². The molecule has 14 heavy (non-hydrogen) atoms. The molecular weight excluding hydrogens is 180 g/mol. The molecule has 0 spiro atoms. The van der Waals surface area contributed by atoms with E-state index in [1.807, 2.05) is 0 Å². The second-order valence-electron chi connectivity index (χ2n) is 2.52. The third-order valence-electron chi connectivity index (χ3n) is 1.67. The van der Waals surface area contributed by atoms with E-state index in [-0.39, 0.29) is 0 Å². The van der Waals surface area contributed by atoms with Crippen LogP contribution in [0.15, 0.2) is 24.3 Å². The number of hydrogen-bond acceptors (Lipinski definition) is 3. The Morgan fingerprint density at radius 1 is 1.50 bits per heavy atom. The third kappa shape index (κ3) is 2.62. The van der Waals surface area contributed by atoms with Gasteiger partial charge >= 0.3 is 5.97 Å². The fourth-order valence-electron chi connectivity index (χ4n) is 0.971. The summed E-state index contributed by atoms with van der Waals surface area (Å²) in [4.78, 5) is 10.8. The van der Waals surface area contributed by atoms with Crippen LogP contribution >= 0.6 is 0 Å². The van der Waals surface area contributed by atoms with Gasteiger partial charge in [0.25, 0.3) is 0 Å². The summed E-state index contributed by atoms with van der Waals surface area (Å²) in [5.41, 5.74) is 0.792. The number of benzene rings is 1. The molecule has 0 aliphatic carbocycles. The van der Waals surface area contributed by atoms with Crippen molar-refractivity contribution in [3.8, 4) is 5.75 Å². The van der Waals surface area contributed by atoms with Crippen molar-refractivity contribution < 1.29 is 14.3 Å². The Labute approximate surface area is 83.0 Å². The van der Waals surface area contributed by atoms with Crippen molar-refractivity contribution >= 4 is 12.0 Å². The maximum absolute atomic E-state index is 10.8. The van der Waals surface area contributed by atoms with E-state index in [4.69, 9.17) is 4.74 Å². The van der Waals surface area contributed by atoms with Gasteiger partial charge in [0, 0.05) is 11.6 Å². The highest BCUT2D eigenvalue weighted by Gasteiger charge is 1.98. The van der Waals surface area contributed by atoms with Crippen LogP contribution in [0.2, 0.25) is 0 Å². The number of esters is 1. The molecule has 1 rings (SSSR count). The van der Waals surface area contributed by atoms with Crippen LogP contribution in [0.25, 0.3) is 6.08 Å². The van der Waals surface area contributed by atoms with Gasteiger partial charge in [0.05, 0.1) is 14.2 Å². The predicted molar refractivity (Wildman–Crippen MR) is 52.9 cm³/mol. The molecule has 1 aromatic carbocycles. The zero-order chi connectivity index (χ0) is 10.4. The largest absolute Gasteiger partial charge is 0.496 e. The Bertz CT molecular complexity index is 342. The predicted octanol–water partition coefficient (Wildman–Crippen LogP) is 1.68. The van der Waals surface area contributed by atoms with Gasteiger partial charge in [0.2, 0.25) is 0 Å². The number of methoxy groups -OCH3 is 2. The van der Waals surface area contributed by atoms with Crippen molar-refractivity contribution in [2.45, 2.75) is 0 Å². The zero-order valence-corrected chi connectivity index (χ0v) is 8.11. The lowest BCUT2D eigenvalue weighted by Gasteiger charge is -2.02. The summed E-state index contributed by atoms with van der Waals surface area (Å²) in [7, 11) is 2.91. The summed E-state index contributed by atoms with van der Waals surface area (Å²) in [6.07, 6.45) is 2.97. The van der Waals surface area contributed by atoms with Crippen LogP contribution in [-0.4, -0.2) is 20.2 Å².